The molecule has 3 aromatic carbocycles. The number of halogens is 3. The van der Waals surface area contributed by atoms with Gasteiger partial charge in [0.25, 0.3) is 0 Å². The molecule has 1 heterocycles. The average molecular weight is 520 g/mol. The van der Waals surface area contributed by atoms with E-state index in [0.29, 0.717) is 25.4 Å². The largest absolute Gasteiger partial charge is 0.493 e. The van der Waals surface area contributed by atoms with Gasteiger partial charge in [-0.15, -0.1) is 0 Å². The van der Waals surface area contributed by atoms with Crippen LogP contribution in [-0.2, 0) is 9.84 Å². The number of benzene rings is 3. The SMILES string of the molecule is C[C@H](Oc1ccc(S(C)(=O)=O)cc1N1CCC(COc2ccc(-c3ccccc3)cc2)C1)C(F)(F)F. The molecule has 0 bridgehead atoms. The van der Waals surface area contributed by atoms with Gasteiger partial charge in [0.1, 0.15) is 11.5 Å². The Labute approximate surface area is 209 Å². The summed E-state index contributed by atoms with van der Waals surface area (Å²) in [4.78, 5) is 1.89. The lowest BCUT2D eigenvalue weighted by molar-refractivity contribution is -0.189. The topological polar surface area (TPSA) is 55.8 Å². The number of hydrogen-bond donors (Lipinski definition) is 0. The highest BCUT2D eigenvalue weighted by Crippen LogP contribution is 2.37. The molecule has 0 aliphatic carbocycles. The molecule has 3 aromatic rings. The van der Waals surface area contributed by atoms with Gasteiger partial charge in [-0.05, 0) is 54.8 Å². The fourth-order valence-electron chi connectivity index (χ4n) is 4.11. The van der Waals surface area contributed by atoms with E-state index in [-0.39, 0.29) is 16.6 Å². The summed E-state index contributed by atoms with van der Waals surface area (Å²) in [5.41, 5.74) is 2.54. The number of nitrogens with zero attached hydrogens (tertiary/aromatic N) is 1. The van der Waals surface area contributed by atoms with Crippen molar-refractivity contribution in [2.24, 2.45) is 5.92 Å². The molecule has 0 N–H and O–H groups in total. The number of hydrogen-bond acceptors (Lipinski definition) is 5. The first-order chi connectivity index (χ1) is 17.0. The molecule has 9 heteroatoms. The lowest BCUT2D eigenvalue weighted by atomic mass is 10.1. The molecule has 0 spiro atoms. The summed E-state index contributed by atoms with van der Waals surface area (Å²) in [6.45, 7) is 2.41. The summed E-state index contributed by atoms with van der Waals surface area (Å²) >= 11 is 0. The van der Waals surface area contributed by atoms with Crippen LogP contribution in [0.3, 0.4) is 0 Å². The van der Waals surface area contributed by atoms with Crippen LogP contribution in [0.1, 0.15) is 13.3 Å². The van der Waals surface area contributed by atoms with Crippen molar-refractivity contribution in [3.05, 3.63) is 72.8 Å². The standard InChI is InChI=1S/C27H28F3NO4S/c1-19(27(28,29)30)35-26-13-12-24(36(2,32)33)16-25(26)31-15-14-20(17-31)18-34-23-10-8-22(9-11-23)21-6-4-3-5-7-21/h3-13,16,19-20H,14-15,17-18H2,1-2H3/t19-,20?/m0/s1. The van der Waals surface area contributed by atoms with E-state index in [9.17, 15) is 21.6 Å². The monoisotopic (exact) mass is 519 g/mol. The van der Waals surface area contributed by atoms with Crippen LogP contribution in [0.5, 0.6) is 11.5 Å². The van der Waals surface area contributed by atoms with Crippen molar-refractivity contribution in [1.82, 2.24) is 0 Å². The number of rotatable bonds is 8. The molecular weight excluding hydrogens is 491 g/mol. The van der Waals surface area contributed by atoms with Crippen LogP contribution in [-0.4, -0.2) is 46.7 Å². The minimum Gasteiger partial charge on any atom is -0.493 e. The Kier molecular flexibility index (Phi) is 7.49. The van der Waals surface area contributed by atoms with Crippen LogP contribution in [0.15, 0.2) is 77.7 Å². The molecule has 0 aromatic heterocycles. The van der Waals surface area contributed by atoms with Crippen molar-refractivity contribution in [1.29, 1.82) is 0 Å². The van der Waals surface area contributed by atoms with Crippen LogP contribution in [0.2, 0.25) is 0 Å². The summed E-state index contributed by atoms with van der Waals surface area (Å²) in [5.74, 6) is 0.856. The summed E-state index contributed by atoms with van der Waals surface area (Å²) in [5, 5.41) is 0. The van der Waals surface area contributed by atoms with Gasteiger partial charge in [0, 0.05) is 25.3 Å². The Morgan fingerprint density at radius 1 is 1.00 bits per heavy atom. The second kappa shape index (κ2) is 10.4. The number of ether oxygens (including phenoxy) is 2. The van der Waals surface area contributed by atoms with Crippen LogP contribution in [0, 0.1) is 5.92 Å². The Morgan fingerprint density at radius 2 is 1.67 bits per heavy atom. The van der Waals surface area contributed by atoms with Crippen molar-refractivity contribution < 1.29 is 31.1 Å². The smallest absolute Gasteiger partial charge is 0.425 e. The molecule has 192 valence electrons. The second-order valence-corrected chi connectivity index (χ2v) is 11.0. The molecule has 4 rings (SSSR count). The molecule has 1 unspecified atom stereocenters. The van der Waals surface area contributed by atoms with Crippen molar-refractivity contribution >= 4 is 15.5 Å². The maximum Gasteiger partial charge on any atom is 0.425 e. The summed E-state index contributed by atoms with van der Waals surface area (Å²) in [7, 11) is -3.54. The third-order valence-corrected chi connectivity index (χ3v) is 7.31. The van der Waals surface area contributed by atoms with E-state index < -0.39 is 22.1 Å². The number of sulfone groups is 1. The zero-order valence-corrected chi connectivity index (χ0v) is 20.9. The first-order valence-corrected chi connectivity index (χ1v) is 13.5. The van der Waals surface area contributed by atoms with Gasteiger partial charge in [0.15, 0.2) is 15.9 Å². The molecule has 1 aliphatic heterocycles. The van der Waals surface area contributed by atoms with Gasteiger partial charge in [-0.25, -0.2) is 8.42 Å². The van der Waals surface area contributed by atoms with E-state index in [1.54, 1.807) is 0 Å². The zero-order valence-electron chi connectivity index (χ0n) is 20.0. The summed E-state index contributed by atoms with van der Waals surface area (Å²) in [6, 6.07) is 21.8. The molecule has 0 saturated carbocycles. The fraction of sp³-hybridized carbons (Fsp3) is 0.333. The molecule has 0 amide bonds. The normalized spacial score (nSPS) is 17.1. The van der Waals surface area contributed by atoms with E-state index in [2.05, 4.69) is 0 Å². The summed E-state index contributed by atoms with van der Waals surface area (Å²) < 4.78 is 74.7. The minimum absolute atomic E-state index is 0.00490. The van der Waals surface area contributed by atoms with Crippen LogP contribution in [0.4, 0.5) is 18.9 Å². The van der Waals surface area contributed by atoms with Gasteiger partial charge in [-0.3, -0.25) is 0 Å². The van der Waals surface area contributed by atoms with Gasteiger partial charge in [-0.1, -0.05) is 42.5 Å². The van der Waals surface area contributed by atoms with Crippen LogP contribution < -0.4 is 14.4 Å². The predicted octanol–water partition coefficient (Wildman–Crippen LogP) is 5.99. The van der Waals surface area contributed by atoms with Gasteiger partial charge < -0.3 is 14.4 Å². The van der Waals surface area contributed by atoms with Crippen molar-refractivity contribution in [3.63, 3.8) is 0 Å². The van der Waals surface area contributed by atoms with Crippen LogP contribution in [0.25, 0.3) is 11.1 Å². The highest BCUT2D eigenvalue weighted by molar-refractivity contribution is 7.90. The first kappa shape index (κ1) is 25.9. The molecule has 1 fully saturated rings. The minimum atomic E-state index is -4.54. The Balaban J connectivity index is 1.44. The molecule has 2 atom stereocenters. The average Bonchev–Trinajstić information content (AvgIpc) is 3.31. The lowest BCUT2D eigenvalue weighted by Gasteiger charge is -2.25. The highest BCUT2D eigenvalue weighted by Gasteiger charge is 2.39. The third-order valence-electron chi connectivity index (χ3n) is 6.20. The highest BCUT2D eigenvalue weighted by atomic mass is 32.2. The van der Waals surface area contributed by atoms with E-state index in [0.717, 1.165) is 36.5 Å². The van der Waals surface area contributed by atoms with Gasteiger partial charge in [0.2, 0.25) is 0 Å². The first-order valence-electron chi connectivity index (χ1n) is 11.6. The molecule has 5 nitrogen and oxygen atoms in total. The van der Waals surface area contributed by atoms with Crippen molar-refractivity contribution in [2.45, 2.75) is 30.5 Å². The molecule has 36 heavy (non-hydrogen) atoms. The van der Waals surface area contributed by atoms with E-state index in [4.69, 9.17) is 9.47 Å². The quantitative estimate of drug-likeness (QED) is 0.366. The van der Waals surface area contributed by atoms with Crippen molar-refractivity contribution in [2.75, 3.05) is 30.9 Å². The Morgan fingerprint density at radius 3 is 2.31 bits per heavy atom. The zero-order chi connectivity index (χ0) is 25.9. The Bertz CT molecular complexity index is 1280. The summed E-state index contributed by atoms with van der Waals surface area (Å²) in [6.07, 6.45) is -4.75. The molecule has 1 aliphatic rings. The van der Waals surface area contributed by atoms with E-state index in [1.165, 1.54) is 18.2 Å². The third kappa shape index (κ3) is 6.32. The Hall–Kier alpha value is -3.20. The second-order valence-electron chi connectivity index (χ2n) is 9.01. The fourth-order valence-corrected chi connectivity index (χ4v) is 4.75. The van der Waals surface area contributed by atoms with Crippen LogP contribution >= 0.6 is 0 Å². The molecule has 1 saturated heterocycles. The van der Waals surface area contributed by atoms with Gasteiger partial charge >= 0.3 is 6.18 Å². The van der Waals surface area contributed by atoms with Gasteiger partial charge in [0.05, 0.1) is 17.2 Å². The molecule has 0 radical (unpaired) electrons. The maximum absolute atomic E-state index is 13.1. The lowest BCUT2D eigenvalue weighted by Crippen LogP contribution is -2.32. The predicted molar refractivity (Wildman–Crippen MR) is 133 cm³/mol. The van der Waals surface area contributed by atoms with Crippen molar-refractivity contribution in [3.8, 4) is 22.6 Å². The molecular formula is C27H28F3NO4S. The number of alkyl halides is 3. The van der Waals surface area contributed by atoms with E-state index >= 15 is 0 Å². The van der Waals surface area contributed by atoms with E-state index in [1.807, 2.05) is 59.5 Å². The van der Waals surface area contributed by atoms with Gasteiger partial charge in [-0.2, -0.15) is 13.2 Å². The number of anilines is 1. The maximum atomic E-state index is 13.1.